The van der Waals surface area contributed by atoms with E-state index >= 15 is 0 Å². The number of imidazole rings is 1. The summed E-state index contributed by atoms with van der Waals surface area (Å²) in [7, 11) is 0. The number of nitrogens with zero attached hydrogens (tertiary/aromatic N) is 5. The second-order valence-corrected chi connectivity index (χ2v) is 8.86. The Morgan fingerprint density at radius 1 is 1.22 bits per heavy atom. The van der Waals surface area contributed by atoms with E-state index in [9.17, 15) is 28.3 Å². The molecule has 0 unspecified atom stereocenters. The topological polar surface area (TPSA) is 116 Å². The van der Waals surface area contributed by atoms with Crippen molar-refractivity contribution >= 4 is 17.2 Å². The van der Waals surface area contributed by atoms with Crippen molar-refractivity contribution in [2.45, 2.75) is 39.0 Å². The third kappa shape index (κ3) is 5.04. The molecular weight excluding hydrogens is 473 g/mol. The standard InChI is InChI=1S/C25H21F3N6O2/c1-14-17(12-24(2,3)36)21(32-23(35)18-7-8-19-30-9-10-34(19)33-18)20(22(31-14)25(26,27)28)16-6-4-5-15(11-16)13-29/h4-11,36H,12H2,1-3H3,(H,31,32,35). The first-order chi connectivity index (χ1) is 16.9. The highest BCUT2D eigenvalue weighted by molar-refractivity contribution is 6.06. The molecule has 11 heteroatoms. The molecule has 0 saturated heterocycles. The van der Waals surface area contributed by atoms with Gasteiger partial charge in [0.05, 0.1) is 22.9 Å². The lowest BCUT2D eigenvalue weighted by Gasteiger charge is -2.25. The Kier molecular flexibility index (Phi) is 6.24. The first-order valence-electron chi connectivity index (χ1n) is 10.8. The van der Waals surface area contributed by atoms with E-state index in [1.54, 1.807) is 6.07 Å². The Balaban J connectivity index is 1.98. The fraction of sp³-hybridized carbons (Fsp3) is 0.240. The number of carbonyl (C=O) groups is 1. The van der Waals surface area contributed by atoms with E-state index in [1.165, 1.54) is 68.0 Å². The number of carbonyl (C=O) groups excluding carboxylic acids is 1. The van der Waals surface area contributed by atoms with Crippen LogP contribution >= 0.6 is 0 Å². The number of nitrogens with one attached hydrogen (secondary N) is 1. The maximum absolute atomic E-state index is 14.2. The number of hydrogen-bond donors (Lipinski definition) is 2. The summed E-state index contributed by atoms with van der Waals surface area (Å²) in [5.74, 6) is -0.765. The number of aryl methyl sites for hydroxylation is 1. The van der Waals surface area contributed by atoms with Crippen molar-refractivity contribution in [2.75, 3.05) is 5.32 Å². The monoisotopic (exact) mass is 494 g/mol. The zero-order valence-electron chi connectivity index (χ0n) is 19.6. The molecule has 0 bridgehead atoms. The molecule has 0 spiro atoms. The van der Waals surface area contributed by atoms with Gasteiger partial charge in [0.1, 0.15) is 5.69 Å². The molecule has 184 valence electrons. The molecule has 1 aromatic carbocycles. The summed E-state index contributed by atoms with van der Waals surface area (Å²) in [6, 6.07) is 10.5. The summed E-state index contributed by atoms with van der Waals surface area (Å²) < 4.78 is 44.1. The number of fused-ring (bicyclic) bond motifs is 1. The van der Waals surface area contributed by atoms with Crippen LogP contribution in [0.4, 0.5) is 18.9 Å². The minimum atomic E-state index is -4.87. The minimum Gasteiger partial charge on any atom is -0.390 e. The molecule has 4 rings (SSSR count). The Morgan fingerprint density at radius 3 is 2.64 bits per heavy atom. The van der Waals surface area contributed by atoms with Gasteiger partial charge in [-0.15, -0.1) is 0 Å². The quantitative estimate of drug-likeness (QED) is 0.420. The molecule has 0 radical (unpaired) electrons. The average Bonchev–Trinajstić information content (AvgIpc) is 3.27. The molecule has 3 heterocycles. The number of aliphatic hydroxyl groups is 1. The van der Waals surface area contributed by atoms with Gasteiger partial charge in [-0.25, -0.2) is 14.5 Å². The Bertz CT molecular complexity index is 1510. The van der Waals surface area contributed by atoms with Gasteiger partial charge in [-0.2, -0.15) is 23.5 Å². The number of alkyl halides is 3. The SMILES string of the molecule is Cc1nc(C(F)(F)F)c(-c2cccc(C#N)c2)c(NC(=O)c2ccc3nccn3n2)c1CC(C)(C)O. The van der Waals surface area contributed by atoms with Gasteiger partial charge < -0.3 is 10.4 Å². The molecule has 3 aromatic heterocycles. The predicted molar refractivity (Wildman–Crippen MR) is 125 cm³/mol. The highest BCUT2D eigenvalue weighted by Gasteiger charge is 2.39. The molecule has 0 fully saturated rings. The number of pyridine rings is 1. The second kappa shape index (κ2) is 9.05. The van der Waals surface area contributed by atoms with Gasteiger partial charge in [0.15, 0.2) is 11.3 Å². The van der Waals surface area contributed by atoms with Crippen LogP contribution in [0.5, 0.6) is 0 Å². The maximum atomic E-state index is 14.2. The molecule has 4 aromatic rings. The fourth-order valence-electron chi connectivity index (χ4n) is 3.87. The molecule has 8 nitrogen and oxygen atoms in total. The highest BCUT2D eigenvalue weighted by atomic mass is 19.4. The van der Waals surface area contributed by atoms with Crippen LogP contribution in [0.1, 0.15) is 46.9 Å². The highest BCUT2D eigenvalue weighted by Crippen LogP contribution is 2.43. The van der Waals surface area contributed by atoms with E-state index in [2.05, 4.69) is 20.4 Å². The van der Waals surface area contributed by atoms with E-state index in [4.69, 9.17) is 0 Å². The van der Waals surface area contributed by atoms with Gasteiger partial charge in [-0.1, -0.05) is 12.1 Å². The molecule has 0 atom stereocenters. The summed E-state index contributed by atoms with van der Waals surface area (Å²) in [6.45, 7) is 4.39. The number of hydrogen-bond acceptors (Lipinski definition) is 6. The fourth-order valence-corrected chi connectivity index (χ4v) is 3.87. The van der Waals surface area contributed by atoms with E-state index < -0.39 is 28.9 Å². The van der Waals surface area contributed by atoms with Gasteiger partial charge in [0.25, 0.3) is 5.91 Å². The molecule has 1 amide bonds. The summed E-state index contributed by atoms with van der Waals surface area (Å²) in [5.41, 5.74) is -2.28. The predicted octanol–water partition coefficient (Wildman–Crippen LogP) is 4.56. The van der Waals surface area contributed by atoms with Gasteiger partial charge in [0.2, 0.25) is 0 Å². The van der Waals surface area contributed by atoms with Gasteiger partial charge >= 0.3 is 6.18 Å². The van der Waals surface area contributed by atoms with Crippen molar-refractivity contribution in [3.63, 3.8) is 0 Å². The Hall–Kier alpha value is -4.30. The number of benzene rings is 1. The number of aromatic nitrogens is 4. The lowest BCUT2D eigenvalue weighted by Crippen LogP contribution is -2.26. The van der Waals surface area contributed by atoms with Crippen molar-refractivity contribution in [2.24, 2.45) is 0 Å². The normalized spacial score (nSPS) is 11.9. The van der Waals surface area contributed by atoms with Crippen LogP contribution in [0.25, 0.3) is 16.8 Å². The summed E-state index contributed by atoms with van der Waals surface area (Å²) in [6.07, 6.45) is -1.95. The molecule has 0 aliphatic rings. The zero-order valence-corrected chi connectivity index (χ0v) is 19.6. The second-order valence-electron chi connectivity index (χ2n) is 8.86. The van der Waals surface area contributed by atoms with E-state index in [-0.39, 0.29) is 40.2 Å². The van der Waals surface area contributed by atoms with Crippen molar-refractivity contribution in [3.8, 4) is 17.2 Å². The van der Waals surface area contributed by atoms with E-state index in [1.807, 2.05) is 6.07 Å². The number of rotatable bonds is 5. The third-order valence-electron chi connectivity index (χ3n) is 5.39. The van der Waals surface area contributed by atoms with Crippen molar-refractivity contribution in [1.82, 2.24) is 19.6 Å². The molecule has 0 aliphatic heterocycles. The summed E-state index contributed by atoms with van der Waals surface area (Å²) in [4.78, 5) is 21.1. The smallest absolute Gasteiger partial charge is 0.390 e. The first kappa shape index (κ1) is 24.8. The van der Waals surface area contributed by atoms with Crippen molar-refractivity contribution in [1.29, 1.82) is 5.26 Å². The van der Waals surface area contributed by atoms with Crippen LogP contribution in [0.3, 0.4) is 0 Å². The summed E-state index contributed by atoms with van der Waals surface area (Å²) in [5, 5.41) is 26.6. The lowest BCUT2D eigenvalue weighted by molar-refractivity contribution is -0.140. The van der Waals surface area contributed by atoms with Gasteiger partial charge in [-0.3, -0.25) is 4.79 Å². The van der Waals surface area contributed by atoms with Gasteiger partial charge in [-0.05, 0) is 50.6 Å². The zero-order chi connectivity index (χ0) is 26.3. The summed E-state index contributed by atoms with van der Waals surface area (Å²) >= 11 is 0. The van der Waals surface area contributed by atoms with Crippen LogP contribution in [0, 0.1) is 18.3 Å². The Morgan fingerprint density at radius 2 is 1.97 bits per heavy atom. The molecular formula is C25H21F3N6O2. The lowest BCUT2D eigenvalue weighted by atomic mass is 9.90. The number of anilines is 1. The van der Waals surface area contributed by atoms with Crippen LogP contribution in [0.15, 0.2) is 48.8 Å². The molecule has 36 heavy (non-hydrogen) atoms. The number of nitriles is 1. The maximum Gasteiger partial charge on any atom is 0.434 e. The van der Waals surface area contributed by atoms with E-state index in [0.717, 1.165) is 0 Å². The molecule has 2 N–H and O–H groups in total. The average molecular weight is 494 g/mol. The van der Waals surface area contributed by atoms with Crippen LogP contribution in [-0.2, 0) is 12.6 Å². The third-order valence-corrected chi connectivity index (χ3v) is 5.39. The Labute approximate surface area is 204 Å². The first-order valence-corrected chi connectivity index (χ1v) is 10.8. The van der Waals surface area contributed by atoms with Crippen LogP contribution < -0.4 is 5.32 Å². The van der Waals surface area contributed by atoms with Crippen molar-refractivity contribution in [3.05, 3.63) is 77.0 Å². The molecule has 0 aliphatic carbocycles. The largest absolute Gasteiger partial charge is 0.434 e. The minimum absolute atomic E-state index is 0.00189. The number of halogens is 3. The number of amides is 1. The molecule has 0 saturated carbocycles. The van der Waals surface area contributed by atoms with Crippen LogP contribution in [-0.4, -0.2) is 36.2 Å². The van der Waals surface area contributed by atoms with E-state index in [0.29, 0.717) is 5.65 Å². The van der Waals surface area contributed by atoms with Crippen LogP contribution in [0.2, 0.25) is 0 Å². The van der Waals surface area contributed by atoms with Crippen molar-refractivity contribution < 1.29 is 23.1 Å². The van der Waals surface area contributed by atoms with Gasteiger partial charge in [0, 0.05) is 35.6 Å².